The normalized spacial score (nSPS) is 11.4. The van der Waals surface area contributed by atoms with Crippen LogP contribution >= 0.6 is 0 Å². The monoisotopic (exact) mass is 496 g/mol. The first-order valence-corrected chi connectivity index (χ1v) is 10.8. The number of aryl methyl sites for hydroxylation is 1. The molecule has 10 heteroatoms. The van der Waals surface area contributed by atoms with Crippen LogP contribution in [-0.2, 0) is 11.3 Å². The van der Waals surface area contributed by atoms with Crippen LogP contribution in [0.25, 0.3) is 5.57 Å². The second-order valence-electron chi connectivity index (χ2n) is 7.57. The van der Waals surface area contributed by atoms with E-state index in [0.29, 0.717) is 12.4 Å². The summed E-state index contributed by atoms with van der Waals surface area (Å²) >= 11 is 0. The molecule has 0 spiro atoms. The Balaban J connectivity index is 0.000000504. The summed E-state index contributed by atoms with van der Waals surface area (Å²) in [6.07, 6.45) is 4.60. The van der Waals surface area contributed by atoms with Crippen molar-refractivity contribution in [3.63, 3.8) is 0 Å². The predicted octanol–water partition coefficient (Wildman–Crippen LogP) is 2.23. The van der Waals surface area contributed by atoms with Gasteiger partial charge in [-0.25, -0.2) is 10.6 Å². The Hall–Kier alpha value is -4.49. The number of carbonyl (C=O) groups is 3. The van der Waals surface area contributed by atoms with E-state index >= 15 is 0 Å². The minimum Gasteiger partial charge on any atom is -0.497 e. The number of imide groups is 1. The molecule has 4 amide bonds. The summed E-state index contributed by atoms with van der Waals surface area (Å²) in [4.78, 5) is 32.8. The SMILES string of the molecule is C#CC.C/C(=C(/N)NN)c1ccc(C)cc1.CC(=O)NC(N)=O.COc1ccc2c(c1)C(=O)N(C)C2. The molecule has 0 bridgehead atoms. The highest BCUT2D eigenvalue weighted by molar-refractivity contribution is 5.98. The molecule has 1 heterocycles. The van der Waals surface area contributed by atoms with Crippen LogP contribution in [0.4, 0.5) is 4.79 Å². The number of fused-ring (bicyclic) bond motifs is 1. The number of nitrogens with two attached hydrogens (primary N) is 3. The first-order chi connectivity index (χ1) is 16.9. The van der Waals surface area contributed by atoms with Gasteiger partial charge in [0.1, 0.15) is 11.6 Å². The molecule has 0 atom stereocenters. The fourth-order valence-corrected chi connectivity index (χ4v) is 2.79. The third-order valence-corrected chi connectivity index (χ3v) is 4.64. The van der Waals surface area contributed by atoms with Gasteiger partial charge in [-0.05, 0) is 49.6 Å². The third kappa shape index (κ3) is 11.1. The zero-order chi connectivity index (χ0) is 27.8. The molecule has 2 aromatic rings. The number of rotatable bonds is 3. The molecule has 3 rings (SSSR count). The molecule has 0 saturated carbocycles. The van der Waals surface area contributed by atoms with Crippen LogP contribution in [0.3, 0.4) is 0 Å². The highest BCUT2D eigenvalue weighted by atomic mass is 16.5. The number of hydrogen-bond acceptors (Lipinski definition) is 7. The van der Waals surface area contributed by atoms with Crippen molar-refractivity contribution in [2.75, 3.05) is 14.2 Å². The van der Waals surface area contributed by atoms with Gasteiger partial charge in [-0.1, -0.05) is 35.9 Å². The molecule has 0 aliphatic carbocycles. The van der Waals surface area contributed by atoms with E-state index in [0.717, 1.165) is 28.0 Å². The zero-order valence-electron chi connectivity index (χ0n) is 21.6. The molecule has 1 aliphatic rings. The molecule has 0 unspecified atom stereocenters. The lowest BCUT2D eigenvalue weighted by molar-refractivity contribution is -0.117. The van der Waals surface area contributed by atoms with Crippen LogP contribution in [0.1, 0.15) is 47.8 Å². The summed E-state index contributed by atoms with van der Waals surface area (Å²) < 4.78 is 5.05. The maximum atomic E-state index is 11.5. The lowest BCUT2D eigenvalue weighted by atomic mass is 10.1. The van der Waals surface area contributed by atoms with Crippen molar-refractivity contribution in [3.8, 4) is 18.1 Å². The number of nitrogens with one attached hydrogen (secondary N) is 2. The Bertz CT molecular complexity index is 1090. The van der Waals surface area contributed by atoms with Gasteiger partial charge in [0.25, 0.3) is 5.91 Å². The number of hydrogen-bond donors (Lipinski definition) is 5. The summed E-state index contributed by atoms with van der Waals surface area (Å²) in [6, 6.07) is 12.9. The van der Waals surface area contributed by atoms with E-state index in [-0.39, 0.29) is 5.91 Å². The standard InChI is InChI=1S/C10H15N3.C10H11NO2.C3H6N2O2.C3H4/c1-7-3-5-9(6-4-7)8(2)10(11)13-12;1-11-6-7-3-4-8(13-2)5-9(7)10(11)12;1-2(6)5-3(4)7;1-3-2/h3-6,13H,11-12H2,1-2H3;3-5H,6H2,1-2H3;1H3,(H3,4,5,6,7);1H,2H3/b10-8+;;;. The molecular weight excluding hydrogens is 460 g/mol. The molecule has 0 aromatic heterocycles. The number of carbonyl (C=O) groups excluding carboxylic acids is 3. The van der Waals surface area contributed by atoms with E-state index in [1.807, 2.05) is 50.2 Å². The number of allylic oxidation sites excluding steroid dienone is 1. The fraction of sp³-hybridized carbons (Fsp3) is 0.269. The average Bonchev–Trinajstić information content (AvgIpc) is 3.11. The number of primary amides is 1. The van der Waals surface area contributed by atoms with Crippen molar-refractivity contribution in [3.05, 3.63) is 70.5 Å². The summed E-state index contributed by atoms with van der Waals surface area (Å²) in [5.41, 5.74) is 17.7. The van der Waals surface area contributed by atoms with E-state index in [4.69, 9.17) is 16.3 Å². The van der Waals surface area contributed by atoms with Crippen molar-refractivity contribution in [2.24, 2.45) is 17.3 Å². The second-order valence-corrected chi connectivity index (χ2v) is 7.57. The summed E-state index contributed by atoms with van der Waals surface area (Å²) in [7, 11) is 3.40. The Morgan fingerprint density at radius 1 is 1.11 bits per heavy atom. The highest BCUT2D eigenvalue weighted by Gasteiger charge is 2.24. The Labute approximate surface area is 212 Å². The average molecular weight is 497 g/mol. The topological polar surface area (TPSA) is 166 Å². The maximum absolute atomic E-state index is 11.5. The van der Waals surface area contributed by atoms with Gasteiger partial charge >= 0.3 is 6.03 Å². The van der Waals surface area contributed by atoms with Gasteiger partial charge in [0.15, 0.2) is 0 Å². The fourth-order valence-electron chi connectivity index (χ4n) is 2.79. The molecule has 0 fully saturated rings. The first kappa shape index (κ1) is 31.5. The molecule has 0 saturated heterocycles. The number of benzene rings is 2. The number of urea groups is 1. The van der Waals surface area contributed by atoms with Crippen molar-refractivity contribution < 1.29 is 19.1 Å². The number of nitrogens with zero attached hydrogens (tertiary/aromatic N) is 1. The van der Waals surface area contributed by atoms with Gasteiger partial charge in [-0.15, -0.1) is 12.3 Å². The summed E-state index contributed by atoms with van der Waals surface area (Å²) in [5.74, 6) is 8.34. The minimum absolute atomic E-state index is 0.0777. The first-order valence-electron chi connectivity index (χ1n) is 10.8. The minimum atomic E-state index is -0.812. The summed E-state index contributed by atoms with van der Waals surface area (Å²) in [6.45, 7) is 7.55. The van der Waals surface area contributed by atoms with Gasteiger partial charge in [-0.3, -0.25) is 14.9 Å². The van der Waals surface area contributed by atoms with Crippen LogP contribution < -0.4 is 32.8 Å². The Morgan fingerprint density at radius 3 is 2.08 bits per heavy atom. The van der Waals surface area contributed by atoms with Crippen LogP contribution in [0.5, 0.6) is 5.75 Å². The smallest absolute Gasteiger partial charge is 0.318 e. The largest absolute Gasteiger partial charge is 0.497 e. The Kier molecular flexibility index (Phi) is 14.2. The van der Waals surface area contributed by atoms with Crippen molar-refractivity contribution >= 4 is 23.4 Å². The van der Waals surface area contributed by atoms with E-state index < -0.39 is 11.9 Å². The molecular formula is C26H36N6O4. The number of ether oxygens (including phenoxy) is 1. The Morgan fingerprint density at radius 2 is 1.67 bits per heavy atom. The number of hydrazine groups is 1. The maximum Gasteiger partial charge on any atom is 0.318 e. The molecule has 0 radical (unpaired) electrons. The van der Waals surface area contributed by atoms with Gasteiger partial charge in [0.2, 0.25) is 5.91 Å². The van der Waals surface area contributed by atoms with Gasteiger partial charge in [0.05, 0.1) is 7.11 Å². The zero-order valence-corrected chi connectivity index (χ0v) is 21.6. The highest BCUT2D eigenvalue weighted by Crippen LogP contribution is 2.25. The van der Waals surface area contributed by atoms with Crippen LogP contribution in [0.2, 0.25) is 0 Å². The lowest BCUT2D eigenvalue weighted by Crippen LogP contribution is -2.32. The van der Waals surface area contributed by atoms with E-state index in [1.165, 1.54) is 12.5 Å². The van der Waals surface area contributed by atoms with E-state index in [1.54, 1.807) is 37.4 Å². The molecule has 36 heavy (non-hydrogen) atoms. The lowest BCUT2D eigenvalue weighted by Gasteiger charge is -2.06. The quantitative estimate of drug-likeness (QED) is 0.247. The molecule has 1 aliphatic heterocycles. The van der Waals surface area contributed by atoms with Crippen molar-refractivity contribution in [1.29, 1.82) is 0 Å². The van der Waals surface area contributed by atoms with Crippen molar-refractivity contribution in [2.45, 2.75) is 34.2 Å². The predicted molar refractivity (Wildman–Crippen MR) is 142 cm³/mol. The number of methoxy groups -OCH3 is 1. The van der Waals surface area contributed by atoms with Crippen LogP contribution in [0.15, 0.2) is 48.3 Å². The molecule has 10 nitrogen and oxygen atoms in total. The number of terminal acetylenes is 1. The van der Waals surface area contributed by atoms with Crippen LogP contribution in [0, 0.1) is 19.3 Å². The summed E-state index contributed by atoms with van der Waals surface area (Å²) in [5, 5.41) is 1.81. The van der Waals surface area contributed by atoms with Gasteiger partial charge in [0, 0.05) is 26.1 Å². The van der Waals surface area contributed by atoms with Crippen molar-refractivity contribution in [1.82, 2.24) is 15.6 Å². The third-order valence-electron chi connectivity index (χ3n) is 4.64. The van der Waals surface area contributed by atoms with Gasteiger partial charge in [-0.2, -0.15) is 0 Å². The van der Waals surface area contributed by atoms with E-state index in [9.17, 15) is 14.4 Å². The number of amides is 4. The van der Waals surface area contributed by atoms with E-state index in [2.05, 4.69) is 23.5 Å². The van der Waals surface area contributed by atoms with Gasteiger partial charge < -0.3 is 26.5 Å². The molecule has 2 aromatic carbocycles. The molecule has 194 valence electrons. The molecule has 8 N–H and O–H groups in total. The van der Waals surface area contributed by atoms with Crippen LogP contribution in [-0.4, -0.2) is 36.9 Å². The second kappa shape index (κ2) is 16.2.